The van der Waals surface area contributed by atoms with Crippen molar-refractivity contribution in [3.63, 3.8) is 0 Å². The minimum absolute atomic E-state index is 0.00444. The van der Waals surface area contributed by atoms with Gasteiger partial charge in [-0.05, 0) is 47.0 Å². The quantitative estimate of drug-likeness (QED) is 0.103. The molecule has 47 heavy (non-hydrogen) atoms. The molecule has 14 heteroatoms. The molecule has 0 saturated carbocycles. The van der Waals surface area contributed by atoms with Gasteiger partial charge in [0.1, 0.15) is 18.1 Å². The Morgan fingerprint density at radius 2 is 1.49 bits per heavy atom. The van der Waals surface area contributed by atoms with Gasteiger partial charge in [-0.25, -0.2) is 4.79 Å². The number of H-pyrrole nitrogens is 1. The third-order valence-electron chi connectivity index (χ3n) is 7.36. The summed E-state index contributed by atoms with van der Waals surface area (Å²) in [6, 6.07) is 15.7. The first kappa shape index (κ1) is 34.4. The van der Waals surface area contributed by atoms with Crippen molar-refractivity contribution in [1.82, 2.24) is 20.9 Å². The molecular formula is C33H33ClN4O9. The van der Waals surface area contributed by atoms with Gasteiger partial charge in [-0.2, -0.15) is 0 Å². The van der Waals surface area contributed by atoms with Crippen molar-refractivity contribution in [2.75, 3.05) is 7.11 Å². The predicted molar refractivity (Wildman–Crippen MR) is 172 cm³/mol. The average molecular weight is 665 g/mol. The molecule has 0 aliphatic rings. The predicted octanol–water partition coefficient (Wildman–Crippen LogP) is 2.73. The van der Waals surface area contributed by atoms with Crippen LogP contribution >= 0.6 is 11.6 Å². The number of nitrogens with one attached hydrogen (secondary N) is 4. The van der Waals surface area contributed by atoms with E-state index in [2.05, 4.69) is 25.7 Å². The molecule has 3 amide bonds. The number of ether oxygens (including phenoxy) is 1. The van der Waals surface area contributed by atoms with E-state index in [-0.39, 0.29) is 19.3 Å². The highest BCUT2D eigenvalue weighted by atomic mass is 35.5. The number of rotatable bonds is 15. The molecule has 0 saturated heterocycles. The molecule has 4 aromatic rings. The number of hydrogen-bond acceptors (Lipinski definition) is 7. The van der Waals surface area contributed by atoms with Crippen molar-refractivity contribution in [2.45, 2.75) is 50.2 Å². The second-order valence-electron chi connectivity index (χ2n) is 10.9. The number of esters is 1. The normalized spacial score (nSPS) is 12.9. The standard InChI is InChI=1S/C33H33ClN4O9/c1-47-33(46)25(10-11-29(40)41)37-32(45)27(17-30(42)43)38-31(44)26(13-18-6-7-19-4-2-3-5-20(19)12-18)36-28(39)16-23-15-21-14-22(34)8-9-24(21)35-23/h2-9,12,14-15,25-27,35H,10-11,13,16-17H2,1H3,(H,36,39)(H,37,45)(H,38,44)(H,40,41)(H,42,43). The minimum Gasteiger partial charge on any atom is -0.481 e. The number of aliphatic carboxylic acids is 2. The average Bonchev–Trinajstić information content (AvgIpc) is 3.42. The highest BCUT2D eigenvalue weighted by Crippen LogP contribution is 2.21. The van der Waals surface area contributed by atoms with Gasteiger partial charge in [-0.3, -0.25) is 24.0 Å². The van der Waals surface area contributed by atoms with Crippen LogP contribution in [0.1, 0.15) is 30.5 Å². The van der Waals surface area contributed by atoms with E-state index in [0.29, 0.717) is 16.3 Å². The number of carboxylic acids is 2. The number of methoxy groups -OCH3 is 1. The first-order chi connectivity index (χ1) is 22.4. The summed E-state index contributed by atoms with van der Waals surface area (Å²) in [5.74, 6) is -6.03. The highest BCUT2D eigenvalue weighted by molar-refractivity contribution is 6.31. The Hall–Kier alpha value is -5.43. The number of aromatic amines is 1. The molecule has 0 spiro atoms. The topological polar surface area (TPSA) is 204 Å². The molecule has 0 fully saturated rings. The first-order valence-electron chi connectivity index (χ1n) is 14.6. The fourth-order valence-electron chi connectivity index (χ4n) is 5.08. The lowest BCUT2D eigenvalue weighted by molar-refractivity contribution is -0.146. The molecule has 3 aromatic carbocycles. The van der Waals surface area contributed by atoms with Gasteiger partial charge >= 0.3 is 17.9 Å². The van der Waals surface area contributed by atoms with E-state index in [4.69, 9.17) is 16.7 Å². The van der Waals surface area contributed by atoms with Gasteiger partial charge in [0.25, 0.3) is 0 Å². The summed E-state index contributed by atoms with van der Waals surface area (Å²) in [5.41, 5.74) is 2.00. The van der Waals surface area contributed by atoms with Crippen LogP contribution in [0.15, 0.2) is 66.7 Å². The van der Waals surface area contributed by atoms with Gasteiger partial charge in [0.2, 0.25) is 17.7 Å². The number of aromatic nitrogens is 1. The van der Waals surface area contributed by atoms with Crippen molar-refractivity contribution < 1.29 is 43.7 Å². The zero-order valence-electron chi connectivity index (χ0n) is 25.2. The zero-order valence-corrected chi connectivity index (χ0v) is 26.0. The maximum absolute atomic E-state index is 13.7. The maximum atomic E-state index is 13.7. The summed E-state index contributed by atoms with van der Waals surface area (Å²) < 4.78 is 4.63. The summed E-state index contributed by atoms with van der Waals surface area (Å²) >= 11 is 6.08. The summed E-state index contributed by atoms with van der Waals surface area (Å²) in [6.45, 7) is 0. The van der Waals surface area contributed by atoms with E-state index >= 15 is 0 Å². The SMILES string of the molecule is COC(=O)C(CCC(=O)O)NC(=O)C(CC(=O)O)NC(=O)C(Cc1ccc2ccccc2c1)NC(=O)Cc1cc2cc(Cl)ccc2[nH]1. The molecule has 0 radical (unpaired) electrons. The van der Waals surface area contributed by atoms with Crippen LogP contribution in [0.2, 0.25) is 5.02 Å². The number of benzene rings is 3. The van der Waals surface area contributed by atoms with Gasteiger partial charge in [0.05, 0.1) is 20.0 Å². The van der Waals surface area contributed by atoms with E-state index in [0.717, 1.165) is 28.8 Å². The molecule has 0 bridgehead atoms. The van der Waals surface area contributed by atoms with Gasteiger partial charge in [0, 0.05) is 34.5 Å². The molecule has 3 unspecified atom stereocenters. The lowest BCUT2D eigenvalue weighted by atomic mass is 10.0. The molecule has 6 N–H and O–H groups in total. The number of fused-ring (bicyclic) bond motifs is 2. The number of amides is 3. The van der Waals surface area contributed by atoms with Crippen LogP contribution in [-0.2, 0) is 46.3 Å². The second kappa shape index (κ2) is 15.7. The van der Waals surface area contributed by atoms with Crippen LogP contribution < -0.4 is 16.0 Å². The lowest BCUT2D eigenvalue weighted by Gasteiger charge is -2.24. The Kier molecular flexibility index (Phi) is 11.5. The van der Waals surface area contributed by atoms with Crippen LogP contribution in [0.4, 0.5) is 0 Å². The Morgan fingerprint density at radius 1 is 0.787 bits per heavy atom. The molecule has 1 heterocycles. The molecule has 3 atom stereocenters. The number of halogens is 1. The molecule has 4 rings (SSSR count). The first-order valence-corrected chi connectivity index (χ1v) is 15.0. The van der Waals surface area contributed by atoms with Crippen molar-refractivity contribution in [3.8, 4) is 0 Å². The summed E-state index contributed by atoms with van der Waals surface area (Å²) in [6.07, 6.45) is -1.81. The van der Waals surface area contributed by atoms with Crippen molar-refractivity contribution in [2.24, 2.45) is 0 Å². The van der Waals surface area contributed by atoms with Crippen molar-refractivity contribution >= 4 is 68.9 Å². The number of carboxylic acid groups (broad SMARTS) is 2. The Bertz CT molecular complexity index is 1820. The lowest BCUT2D eigenvalue weighted by Crippen LogP contribution is -2.57. The molecular weight excluding hydrogens is 632 g/mol. The van der Waals surface area contributed by atoms with Crippen molar-refractivity contribution in [1.29, 1.82) is 0 Å². The third-order valence-corrected chi connectivity index (χ3v) is 7.59. The number of hydrogen-bond donors (Lipinski definition) is 6. The fraction of sp³-hybridized carbons (Fsp3) is 0.273. The summed E-state index contributed by atoms with van der Waals surface area (Å²) in [5, 5.41) is 29.0. The summed E-state index contributed by atoms with van der Waals surface area (Å²) in [4.78, 5) is 78.1. The molecule has 246 valence electrons. The van der Waals surface area contributed by atoms with E-state index in [1.807, 2.05) is 36.4 Å². The molecule has 0 aliphatic carbocycles. The Morgan fingerprint density at radius 3 is 2.19 bits per heavy atom. The van der Waals surface area contributed by atoms with Gasteiger partial charge < -0.3 is 35.9 Å². The molecule has 0 aliphatic heterocycles. The van der Waals surface area contributed by atoms with Crippen LogP contribution in [-0.4, -0.2) is 76.1 Å². The number of carbonyl (C=O) groups is 6. The minimum atomic E-state index is -1.67. The van der Waals surface area contributed by atoms with E-state index in [9.17, 15) is 33.9 Å². The monoisotopic (exact) mass is 664 g/mol. The number of carbonyl (C=O) groups excluding carboxylic acids is 4. The van der Waals surface area contributed by atoms with Gasteiger partial charge in [-0.1, -0.05) is 54.1 Å². The van der Waals surface area contributed by atoms with Crippen LogP contribution in [0.5, 0.6) is 0 Å². The second-order valence-corrected chi connectivity index (χ2v) is 11.3. The molecule has 13 nitrogen and oxygen atoms in total. The van der Waals surface area contributed by atoms with Crippen LogP contribution in [0.3, 0.4) is 0 Å². The van der Waals surface area contributed by atoms with Gasteiger partial charge in [-0.15, -0.1) is 0 Å². The Labute approximate surface area is 273 Å². The third kappa shape index (κ3) is 9.78. The van der Waals surface area contributed by atoms with Gasteiger partial charge in [0.15, 0.2) is 0 Å². The Balaban J connectivity index is 1.56. The van der Waals surface area contributed by atoms with Crippen LogP contribution in [0.25, 0.3) is 21.7 Å². The van der Waals surface area contributed by atoms with Crippen molar-refractivity contribution in [3.05, 3.63) is 83.0 Å². The van der Waals surface area contributed by atoms with E-state index in [1.165, 1.54) is 0 Å². The highest BCUT2D eigenvalue weighted by Gasteiger charge is 2.32. The van der Waals surface area contributed by atoms with E-state index < -0.39 is 66.6 Å². The van der Waals surface area contributed by atoms with E-state index in [1.54, 1.807) is 30.3 Å². The largest absolute Gasteiger partial charge is 0.481 e. The molecule has 1 aromatic heterocycles. The summed E-state index contributed by atoms with van der Waals surface area (Å²) in [7, 11) is 1.05. The smallest absolute Gasteiger partial charge is 0.328 e. The zero-order chi connectivity index (χ0) is 34.1. The van der Waals surface area contributed by atoms with Crippen LogP contribution in [0, 0.1) is 0 Å². The fourth-order valence-corrected chi connectivity index (χ4v) is 5.26. The maximum Gasteiger partial charge on any atom is 0.328 e.